The summed E-state index contributed by atoms with van der Waals surface area (Å²) in [6.07, 6.45) is 9.09. The lowest BCUT2D eigenvalue weighted by Gasteiger charge is -2.07. The number of benzene rings is 1. The van der Waals surface area contributed by atoms with Gasteiger partial charge in [-0.15, -0.1) is 0 Å². The molecule has 0 spiro atoms. The lowest BCUT2D eigenvalue weighted by Crippen LogP contribution is -2.17. The van der Waals surface area contributed by atoms with Gasteiger partial charge in [-0.2, -0.15) is 0 Å². The molecular weight excluding hydrogens is 360 g/mol. The van der Waals surface area contributed by atoms with E-state index in [1.165, 1.54) is 0 Å². The van der Waals surface area contributed by atoms with Gasteiger partial charge in [0.25, 0.3) is 11.1 Å². The van der Waals surface area contributed by atoms with E-state index in [-0.39, 0.29) is 11.1 Å². The Morgan fingerprint density at radius 3 is 2.78 bits per heavy atom. The minimum atomic E-state index is -0.366. The highest BCUT2D eigenvalue weighted by atomic mass is 32.2. The molecule has 0 atom stereocenters. The molecule has 0 unspecified atom stereocenters. The third-order valence-electron chi connectivity index (χ3n) is 4.41. The Hall–Kier alpha value is -3.45. The Bertz CT molecular complexity index is 1270. The van der Waals surface area contributed by atoms with E-state index in [1.807, 2.05) is 59.5 Å². The van der Waals surface area contributed by atoms with E-state index in [1.54, 1.807) is 6.08 Å². The van der Waals surface area contributed by atoms with E-state index < -0.39 is 0 Å². The number of pyridine rings is 2. The Balaban J connectivity index is 1.67. The van der Waals surface area contributed by atoms with Crippen LogP contribution in [0.4, 0.5) is 4.79 Å². The Morgan fingerprint density at radius 1 is 1.04 bits per heavy atom. The van der Waals surface area contributed by atoms with Gasteiger partial charge in [0.15, 0.2) is 0 Å². The first-order valence-corrected chi connectivity index (χ1v) is 9.06. The molecule has 1 fully saturated rings. The molecule has 7 heteroatoms. The van der Waals surface area contributed by atoms with E-state index in [0.717, 1.165) is 45.0 Å². The van der Waals surface area contributed by atoms with Crippen LogP contribution in [0.2, 0.25) is 0 Å². The van der Waals surface area contributed by atoms with Crippen molar-refractivity contribution >= 4 is 45.4 Å². The highest BCUT2D eigenvalue weighted by molar-refractivity contribution is 8.18. The number of imide groups is 1. The maximum absolute atomic E-state index is 11.8. The maximum Gasteiger partial charge on any atom is 0.290 e. The molecule has 4 aromatic rings. The number of carbonyl (C=O) groups excluding carboxylic acids is 2. The molecule has 0 bridgehead atoms. The van der Waals surface area contributed by atoms with Gasteiger partial charge < -0.3 is 0 Å². The van der Waals surface area contributed by atoms with E-state index in [4.69, 9.17) is 0 Å². The Kier molecular flexibility index (Phi) is 3.54. The number of nitrogens with zero attached hydrogens (tertiary/aromatic N) is 3. The summed E-state index contributed by atoms with van der Waals surface area (Å²) in [5, 5.41) is 4.06. The fourth-order valence-electron chi connectivity index (χ4n) is 3.17. The van der Waals surface area contributed by atoms with Gasteiger partial charge in [-0.1, -0.05) is 24.3 Å². The molecule has 1 N–H and O–H groups in total. The van der Waals surface area contributed by atoms with Crippen LogP contribution in [0.25, 0.3) is 33.8 Å². The van der Waals surface area contributed by atoms with Gasteiger partial charge in [0, 0.05) is 29.5 Å². The number of fused-ring (bicyclic) bond motifs is 2. The zero-order chi connectivity index (χ0) is 18.4. The van der Waals surface area contributed by atoms with Gasteiger partial charge >= 0.3 is 0 Å². The fraction of sp³-hybridized carbons (Fsp3) is 0. The van der Waals surface area contributed by atoms with E-state index in [9.17, 15) is 9.59 Å². The van der Waals surface area contributed by atoms with Gasteiger partial charge in [0.2, 0.25) is 0 Å². The van der Waals surface area contributed by atoms with Crippen molar-refractivity contribution in [3.63, 3.8) is 0 Å². The van der Waals surface area contributed by atoms with Crippen LogP contribution in [0, 0.1) is 0 Å². The molecule has 6 nitrogen and oxygen atoms in total. The third kappa shape index (κ3) is 2.69. The van der Waals surface area contributed by atoms with Gasteiger partial charge in [0.1, 0.15) is 5.65 Å². The Labute approximate surface area is 157 Å². The molecule has 0 radical (unpaired) electrons. The van der Waals surface area contributed by atoms with Crippen molar-refractivity contribution in [2.75, 3.05) is 0 Å². The van der Waals surface area contributed by atoms with Gasteiger partial charge in [-0.05, 0) is 40.9 Å². The molecule has 1 saturated heterocycles. The molecule has 130 valence electrons. The van der Waals surface area contributed by atoms with Crippen LogP contribution in [-0.4, -0.2) is 25.5 Å². The van der Waals surface area contributed by atoms with Crippen molar-refractivity contribution in [2.45, 2.75) is 0 Å². The molecule has 4 heterocycles. The van der Waals surface area contributed by atoms with Gasteiger partial charge in [-0.25, -0.2) is 4.98 Å². The summed E-state index contributed by atoms with van der Waals surface area (Å²) in [4.78, 5) is 32.4. The van der Waals surface area contributed by atoms with Crippen LogP contribution in [0.15, 0.2) is 66.1 Å². The average Bonchev–Trinajstić information content (AvgIpc) is 3.23. The number of thioether (sulfide) groups is 1. The number of carbonyl (C=O) groups is 2. The number of hydrogen-bond donors (Lipinski definition) is 1. The molecule has 0 saturated carbocycles. The van der Waals surface area contributed by atoms with Crippen molar-refractivity contribution in [1.29, 1.82) is 0 Å². The van der Waals surface area contributed by atoms with E-state index >= 15 is 0 Å². The maximum atomic E-state index is 11.8. The normalized spacial score (nSPS) is 15.8. The fourth-order valence-corrected chi connectivity index (χ4v) is 3.86. The predicted molar refractivity (Wildman–Crippen MR) is 105 cm³/mol. The first kappa shape index (κ1) is 15.8. The third-order valence-corrected chi connectivity index (χ3v) is 5.22. The lowest BCUT2D eigenvalue weighted by atomic mass is 10.1. The topological polar surface area (TPSA) is 76.4 Å². The summed E-state index contributed by atoms with van der Waals surface area (Å²) in [6, 6.07) is 11.8. The largest absolute Gasteiger partial charge is 0.299 e. The first-order chi connectivity index (χ1) is 13.2. The van der Waals surface area contributed by atoms with Gasteiger partial charge in [-0.3, -0.25) is 24.3 Å². The van der Waals surface area contributed by atoms with Crippen LogP contribution >= 0.6 is 11.8 Å². The zero-order valence-corrected chi connectivity index (χ0v) is 14.7. The zero-order valence-electron chi connectivity index (χ0n) is 13.9. The summed E-state index contributed by atoms with van der Waals surface area (Å²) in [7, 11) is 0. The second-order valence-corrected chi connectivity index (χ2v) is 7.11. The smallest absolute Gasteiger partial charge is 0.290 e. The van der Waals surface area contributed by atoms with Crippen LogP contribution in [0.5, 0.6) is 0 Å². The minimum Gasteiger partial charge on any atom is -0.299 e. The molecule has 27 heavy (non-hydrogen) atoms. The summed E-state index contributed by atoms with van der Waals surface area (Å²) >= 11 is 0.905. The minimum absolute atomic E-state index is 0.350. The first-order valence-electron chi connectivity index (χ1n) is 8.24. The molecule has 1 aliphatic heterocycles. The van der Waals surface area contributed by atoms with Crippen LogP contribution in [0.3, 0.4) is 0 Å². The monoisotopic (exact) mass is 372 g/mol. The summed E-state index contributed by atoms with van der Waals surface area (Å²) in [5.41, 5.74) is 3.49. The quantitative estimate of drug-likeness (QED) is 0.541. The van der Waals surface area contributed by atoms with E-state index in [0.29, 0.717) is 4.91 Å². The van der Waals surface area contributed by atoms with Crippen LogP contribution in [0.1, 0.15) is 5.56 Å². The van der Waals surface area contributed by atoms with Crippen LogP contribution < -0.4 is 5.32 Å². The van der Waals surface area contributed by atoms with Crippen LogP contribution in [-0.2, 0) is 4.79 Å². The number of imidazole rings is 1. The number of aromatic nitrogens is 3. The summed E-state index contributed by atoms with van der Waals surface area (Å²) in [5.74, 6) is -0.366. The van der Waals surface area contributed by atoms with Crippen molar-refractivity contribution in [3.8, 4) is 11.3 Å². The predicted octanol–water partition coefficient (Wildman–Crippen LogP) is 3.87. The van der Waals surface area contributed by atoms with Crippen molar-refractivity contribution in [1.82, 2.24) is 19.7 Å². The molecule has 2 amide bonds. The summed E-state index contributed by atoms with van der Waals surface area (Å²) in [6.45, 7) is 0. The highest BCUT2D eigenvalue weighted by Crippen LogP contribution is 2.29. The number of nitrogens with one attached hydrogen (secondary N) is 1. The molecule has 5 rings (SSSR count). The summed E-state index contributed by atoms with van der Waals surface area (Å²) < 4.78 is 1.97. The number of hydrogen-bond acceptors (Lipinski definition) is 5. The molecule has 1 aliphatic rings. The molecule has 3 aromatic heterocycles. The second kappa shape index (κ2) is 6.07. The molecule has 1 aromatic carbocycles. The van der Waals surface area contributed by atoms with Gasteiger partial charge in [0.05, 0.1) is 16.8 Å². The second-order valence-electron chi connectivity index (χ2n) is 6.09. The number of rotatable bonds is 2. The van der Waals surface area contributed by atoms with Crippen molar-refractivity contribution in [3.05, 3.63) is 71.7 Å². The van der Waals surface area contributed by atoms with E-state index in [2.05, 4.69) is 21.4 Å². The number of amides is 2. The SMILES string of the molecule is O=C1NC(=O)C(=Cc2ccc3ncc(-c4cncc5ccccc45)n3c2)S1. The highest BCUT2D eigenvalue weighted by Gasteiger charge is 2.25. The average molecular weight is 372 g/mol. The molecular formula is C20H12N4O2S. The lowest BCUT2D eigenvalue weighted by molar-refractivity contribution is -0.115. The standard InChI is InChI=1S/C20H12N4O2S/c25-19-17(27-20(26)23-19)7-12-5-6-18-22-10-16(24(18)11-12)15-9-21-8-13-3-1-2-4-14(13)15/h1-11H,(H,23,25,26). The van der Waals surface area contributed by atoms with Crippen molar-refractivity contribution < 1.29 is 9.59 Å². The molecule has 0 aliphatic carbocycles. The van der Waals surface area contributed by atoms with Crippen molar-refractivity contribution in [2.24, 2.45) is 0 Å². The Morgan fingerprint density at radius 2 is 1.93 bits per heavy atom.